The quantitative estimate of drug-likeness (QED) is 0.391. The molecular formula is C21H15ClN4O4S. The smallest absolute Gasteiger partial charge is 0.335 e. The third-order valence-corrected chi connectivity index (χ3v) is 5.93. The molecule has 31 heavy (non-hydrogen) atoms. The number of halogens is 1. The van der Waals surface area contributed by atoms with Gasteiger partial charge in [0.25, 0.3) is 10.0 Å². The number of aromatic nitrogens is 2. The van der Waals surface area contributed by atoms with Gasteiger partial charge in [-0.05, 0) is 60.7 Å². The van der Waals surface area contributed by atoms with Gasteiger partial charge in [-0.1, -0.05) is 23.7 Å². The summed E-state index contributed by atoms with van der Waals surface area (Å²) in [5.74, 6) is -0.885. The van der Waals surface area contributed by atoms with E-state index in [-0.39, 0.29) is 22.1 Å². The van der Waals surface area contributed by atoms with Crippen molar-refractivity contribution in [3.8, 4) is 0 Å². The molecule has 10 heteroatoms. The van der Waals surface area contributed by atoms with E-state index < -0.39 is 16.0 Å². The van der Waals surface area contributed by atoms with Crippen LogP contribution in [-0.4, -0.2) is 29.5 Å². The highest BCUT2D eigenvalue weighted by molar-refractivity contribution is 7.92. The fourth-order valence-electron chi connectivity index (χ4n) is 2.79. The van der Waals surface area contributed by atoms with E-state index in [1.54, 1.807) is 36.4 Å². The van der Waals surface area contributed by atoms with E-state index in [9.17, 15) is 13.2 Å². The fraction of sp³-hybridized carbons (Fsp3) is 0. The van der Waals surface area contributed by atoms with E-state index in [1.807, 2.05) is 0 Å². The number of carbonyl (C=O) groups is 1. The minimum Gasteiger partial charge on any atom is -0.478 e. The summed E-state index contributed by atoms with van der Waals surface area (Å²) in [6.07, 6.45) is 0. The topological polar surface area (TPSA) is 121 Å². The van der Waals surface area contributed by atoms with Crippen LogP contribution in [0.5, 0.6) is 0 Å². The first-order valence-electron chi connectivity index (χ1n) is 8.97. The van der Waals surface area contributed by atoms with E-state index in [4.69, 9.17) is 16.7 Å². The van der Waals surface area contributed by atoms with Gasteiger partial charge in [-0.25, -0.2) is 23.2 Å². The molecule has 156 valence electrons. The highest BCUT2D eigenvalue weighted by Gasteiger charge is 2.19. The van der Waals surface area contributed by atoms with Gasteiger partial charge in [0.15, 0.2) is 11.6 Å². The second-order valence-corrected chi connectivity index (χ2v) is 8.60. The van der Waals surface area contributed by atoms with Gasteiger partial charge in [0.05, 0.1) is 21.5 Å². The van der Waals surface area contributed by atoms with E-state index >= 15 is 0 Å². The molecule has 3 N–H and O–H groups in total. The molecular weight excluding hydrogens is 440 g/mol. The first-order valence-corrected chi connectivity index (χ1v) is 10.8. The van der Waals surface area contributed by atoms with Crippen molar-refractivity contribution in [2.75, 3.05) is 10.0 Å². The highest BCUT2D eigenvalue weighted by atomic mass is 35.5. The van der Waals surface area contributed by atoms with E-state index in [0.717, 1.165) is 0 Å². The molecule has 0 saturated carbocycles. The Balaban J connectivity index is 1.74. The number of fused-ring (bicyclic) bond motifs is 1. The molecule has 0 spiro atoms. The zero-order valence-corrected chi connectivity index (χ0v) is 17.4. The summed E-state index contributed by atoms with van der Waals surface area (Å²) in [4.78, 5) is 20.0. The summed E-state index contributed by atoms with van der Waals surface area (Å²) in [6.45, 7) is 0. The molecule has 1 aromatic heterocycles. The maximum Gasteiger partial charge on any atom is 0.335 e. The third-order valence-electron chi connectivity index (χ3n) is 4.32. The summed E-state index contributed by atoms with van der Waals surface area (Å²) in [7, 11) is -3.96. The van der Waals surface area contributed by atoms with E-state index in [2.05, 4.69) is 20.0 Å². The molecule has 0 unspecified atom stereocenters. The minimum absolute atomic E-state index is 0.00374. The predicted molar refractivity (Wildman–Crippen MR) is 118 cm³/mol. The van der Waals surface area contributed by atoms with E-state index in [0.29, 0.717) is 21.7 Å². The molecule has 0 aliphatic carbocycles. The van der Waals surface area contributed by atoms with Crippen molar-refractivity contribution in [2.45, 2.75) is 4.90 Å². The summed E-state index contributed by atoms with van der Waals surface area (Å²) in [5, 5.41) is 12.5. The summed E-state index contributed by atoms with van der Waals surface area (Å²) in [5.41, 5.74) is 1.70. The van der Waals surface area contributed by atoms with Gasteiger partial charge in [-0.2, -0.15) is 0 Å². The first kappa shape index (κ1) is 20.6. The standard InChI is InChI=1S/C21H15ClN4O4S/c22-14-7-11-16(12-8-14)31(29,30)26-20-19(24-17-3-1-2-4-18(17)25-20)23-15-9-5-13(6-10-15)21(27)28/h1-12H,(H,23,24)(H,25,26)(H,27,28). The van der Waals surface area contributed by atoms with Gasteiger partial charge in [0.2, 0.25) is 0 Å². The van der Waals surface area contributed by atoms with Crippen LogP contribution in [0.15, 0.2) is 77.7 Å². The number of carboxylic acid groups (broad SMARTS) is 1. The van der Waals surface area contributed by atoms with Crippen molar-refractivity contribution >= 4 is 56.0 Å². The summed E-state index contributed by atoms with van der Waals surface area (Å²) in [6, 6.07) is 18.7. The number of carboxylic acids is 1. The van der Waals surface area contributed by atoms with Crippen LogP contribution in [0.25, 0.3) is 11.0 Å². The van der Waals surface area contributed by atoms with Crippen LogP contribution in [0.3, 0.4) is 0 Å². The Kier molecular flexibility index (Phi) is 5.45. The lowest BCUT2D eigenvalue weighted by Gasteiger charge is -2.14. The Morgan fingerprint density at radius 1 is 0.839 bits per heavy atom. The molecule has 3 aromatic carbocycles. The lowest BCUT2D eigenvalue weighted by atomic mass is 10.2. The molecule has 0 amide bonds. The maximum absolute atomic E-state index is 12.9. The Hall–Kier alpha value is -3.69. The Morgan fingerprint density at radius 3 is 2.00 bits per heavy atom. The second-order valence-electron chi connectivity index (χ2n) is 6.48. The van der Waals surface area contributed by atoms with Gasteiger partial charge in [-0.3, -0.25) is 4.72 Å². The van der Waals surface area contributed by atoms with Gasteiger partial charge in [-0.15, -0.1) is 0 Å². The van der Waals surface area contributed by atoms with Crippen LogP contribution in [-0.2, 0) is 10.0 Å². The lowest BCUT2D eigenvalue weighted by molar-refractivity contribution is 0.0697. The number of hydrogen-bond acceptors (Lipinski definition) is 6. The number of sulfonamides is 1. The second kappa shape index (κ2) is 8.21. The molecule has 1 heterocycles. The average Bonchev–Trinajstić information content (AvgIpc) is 2.74. The van der Waals surface area contributed by atoms with Crippen LogP contribution >= 0.6 is 11.6 Å². The minimum atomic E-state index is -3.96. The van der Waals surface area contributed by atoms with Crippen LogP contribution in [0.2, 0.25) is 5.02 Å². The Labute approximate surface area is 182 Å². The number of hydrogen-bond donors (Lipinski definition) is 3. The largest absolute Gasteiger partial charge is 0.478 e. The van der Waals surface area contributed by atoms with Gasteiger partial charge in [0, 0.05) is 10.7 Å². The zero-order valence-electron chi connectivity index (χ0n) is 15.8. The molecule has 0 radical (unpaired) electrons. The summed E-state index contributed by atoms with van der Waals surface area (Å²) >= 11 is 5.85. The van der Waals surface area contributed by atoms with Crippen LogP contribution < -0.4 is 10.0 Å². The molecule has 0 atom stereocenters. The monoisotopic (exact) mass is 454 g/mol. The van der Waals surface area contributed by atoms with Gasteiger partial charge < -0.3 is 10.4 Å². The molecule has 8 nitrogen and oxygen atoms in total. The van der Waals surface area contributed by atoms with Crippen molar-refractivity contribution in [1.29, 1.82) is 0 Å². The number of aromatic carboxylic acids is 1. The number of nitrogens with one attached hydrogen (secondary N) is 2. The summed E-state index contributed by atoms with van der Waals surface area (Å²) < 4.78 is 28.2. The zero-order chi connectivity index (χ0) is 22.0. The predicted octanol–water partition coefficient (Wildman–Crippen LogP) is 4.53. The average molecular weight is 455 g/mol. The van der Waals surface area contributed by atoms with Crippen LogP contribution in [0.4, 0.5) is 17.3 Å². The number of nitrogens with zero attached hydrogens (tertiary/aromatic N) is 2. The number of anilines is 3. The van der Waals surface area contributed by atoms with Crippen LogP contribution in [0.1, 0.15) is 10.4 Å². The lowest BCUT2D eigenvalue weighted by Crippen LogP contribution is -2.16. The Morgan fingerprint density at radius 2 is 1.42 bits per heavy atom. The van der Waals surface area contributed by atoms with Crippen molar-refractivity contribution in [3.63, 3.8) is 0 Å². The molecule has 0 saturated heterocycles. The molecule has 0 aliphatic rings. The van der Waals surface area contributed by atoms with Gasteiger partial charge in [0.1, 0.15) is 0 Å². The van der Waals surface area contributed by atoms with Crippen LogP contribution in [0, 0.1) is 0 Å². The maximum atomic E-state index is 12.9. The molecule has 0 fully saturated rings. The number of rotatable bonds is 6. The molecule has 4 aromatic rings. The molecule has 0 bridgehead atoms. The van der Waals surface area contributed by atoms with Gasteiger partial charge >= 0.3 is 5.97 Å². The fourth-order valence-corrected chi connectivity index (χ4v) is 3.93. The molecule has 4 rings (SSSR count). The number of para-hydroxylation sites is 2. The molecule has 0 aliphatic heterocycles. The van der Waals surface area contributed by atoms with E-state index in [1.165, 1.54) is 36.4 Å². The van der Waals surface area contributed by atoms with Crippen molar-refractivity contribution < 1.29 is 18.3 Å². The van der Waals surface area contributed by atoms with Crippen molar-refractivity contribution in [1.82, 2.24) is 9.97 Å². The number of benzene rings is 3. The third kappa shape index (κ3) is 4.57. The van der Waals surface area contributed by atoms with Crippen molar-refractivity contribution in [3.05, 3.63) is 83.4 Å². The van der Waals surface area contributed by atoms with Crippen molar-refractivity contribution in [2.24, 2.45) is 0 Å². The normalized spacial score (nSPS) is 11.3. The first-order chi connectivity index (χ1) is 14.8. The highest BCUT2D eigenvalue weighted by Crippen LogP contribution is 2.27. The Bertz CT molecular complexity index is 1380. The SMILES string of the molecule is O=C(O)c1ccc(Nc2nc3ccccc3nc2NS(=O)(=O)c2ccc(Cl)cc2)cc1.